The molecule has 5 nitrogen and oxygen atoms in total. The summed E-state index contributed by atoms with van der Waals surface area (Å²) in [6.07, 6.45) is -3.32. The van der Waals surface area contributed by atoms with Gasteiger partial charge in [0, 0.05) is 22.1 Å². The molecule has 0 saturated heterocycles. The molecular weight excluding hydrogens is 489 g/mol. The molecule has 3 rings (SSSR count). The fourth-order valence-corrected chi connectivity index (χ4v) is 4.12. The van der Waals surface area contributed by atoms with Crippen molar-refractivity contribution >= 4 is 23.7 Å². The van der Waals surface area contributed by atoms with Crippen LogP contribution in [0.3, 0.4) is 0 Å². The molecule has 190 valence electrons. The lowest BCUT2D eigenvalue weighted by atomic mass is 9.82. The van der Waals surface area contributed by atoms with Crippen LogP contribution in [-0.2, 0) is 12.0 Å². The molecular formula is C27H27F3N2O3S. The van der Waals surface area contributed by atoms with E-state index in [0.717, 1.165) is 16.2 Å². The van der Waals surface area contributed by atoms with Crippen molar-refractivity contribution in [2.45, 2.75) is 46.0 Å². The summed E-state index contributed by atoms with van der Waals surface area (Å²) in [5, 5.41) is 13.6. The fraction of sp³-hybridized carbons (Fsp3) is 0.259. The SMILES string of the molecule is Cc1cc(C(C)(C)C)c(N(O)Cc2ccccc2)cc1-c1cc(/C=C/SN=O)ccc1OC(F)(F)F. The highest BCUT2D eigenvalue weighted by molar-refractivity contribution is 8.00. The predicted molar refractivity (Wildman–Crippen MR) is 139 cm³/mol. The van der Waals surface area contributed by atoms with Gasteiger partial charge in [0.2, 0.25) is 0 Å². The van der Waals surface area contributed by atoms with Gasteiger partial charge in [-0.05, 0) is 69.8 Å². The van der Waals surface area contributed by atoms with E-state index < -0.39 is 6.36 Å². The molecule has 9 heteroatoms. The van der Waals surface area contributed by atoms with Crippen LogP contribution in [-0.4, -0.2) is 11.6 Å². The third kappa shape index (κ3) is 7.11. The molecule has 3 aromatic carbocycles. The molecule has 0 atom stereocenters. The summed E-state index contributed by atoms with van der Waals surface area (Å²) >= 11 is 0.672. The Balaban J connectivity index is 2.19. The van der Waals surface area contributed by atoms with Crippen LogP contribution < -0.4 is 9.80 Å². The molecule has 1 N–H and O–H groups in total. The van der Waals surface area contributed by atoms with E-state index in [0.29, 0.717) is 34.3 Å². The van der Waals surface area contributed by atoms with Crippen LogP contribution in [0.1, 0.15) is 43.0 Å². The summed E-state index contributed by atoms with van der Waals surface area (Å²) in [5.74, 6) is -0.370. The molecule has 36 heavy (non-hydrogen) atoms. The molecule has 0 fully saturated rings. The Labute approximate surface area is 212 Å². The normalized spacial score (nSPS) is 12.1. The van der Waals surface area contributed by atoms with Crippen LogP contribution in [0.2, 0.25) is 0 Å². The largest absolute Gasteiger partial charge is 0.573 e. The summed E-state index contributed by atoms with van der Waals surface area (Å²) in [6.45, 7) is 8.01. The van der Waals surface area contributed by atoms with Gasteiger partial charge in [-0.15, -0.1) is 18.1 Å². The Bertz CT molecular complexity index is 1240. The number of halogens is 3. The minimum absolute atomic E-state index is 0.191. The number of ether oxygens (including phenoxy) is 1. The fourth-order valence-electron chi connectivity index (χ4n) is 3.85. The van der Waals surface area contributed by atoms with Gasteiger partial charge in [-0.25, -0.2) is 0 Å². The van der Waals surface area contributed by atoms with Crippen LogP contribution in [0.4, 0.5) is 18.9 Å². The number of benzene rings is 3. The minimum atomic E-state index is -4.89. The highest BCUT2D eigenvalue weighted by Crippen LogP contribution is 2.42. The van der Waals surface area contributed by atoms with Gasteiger partial charge in [0.1, 0.15) is 5.75 Å². The number of anilines is 1. The van der Waals surface area contributed by atoms with E-state index in [2.05, 4.69) is 9.32 Å². The quantitative estimate of drug-likeness (QED) is 0.184. The molecule has 0 unspecified atom stereocenters. The van der Waals surface area contributed by atoms with E-state index in [1.54, 1.807) is 25.1 Å². The second-order valence-electron chi connectivity index (χ2n) is 9.26. The monoisotopic (exact) mass is 516 g/mol. The third-order valence-corrected chi connectivity index (χ3v) is 5.83. The number of nitrogens with zero attached hydrogens (tertiary/aromatic N) is 2. The molecule has 0 bridgehead atoms. The van der Waals surface area contributed by atoms with Crippen molar-refractivity contribution in [3.8, 4) is 16.9 Å². The lowest BCUT2D eigenvalue weighted by Gasteiger charge is -2.29. The first-order valence-electron chi connectivity index (χ1n) is 11.1. The molecule has 0 heterocycles. The maximum absolute atomic E-state index is 13.2. The highest BCUT2D eigenvalue weighted by Gasteiger charge is 2.33. The van der Waals surface area contributed by atoms with Crippen molar-refractivity contribution in [1.82, 2.24) is 0 Å². The highest BCUT2D eigenvalue weighted by atomic mass is 32.2. The molecule has 0 saturated carbocycles. The van der Waals surface area contributed by atoms with Crippen molar-refractivity contribution < 1.29 is 23.1 Å². The maximum atomic E-state index is 13.2. The van der Waals surface area contributed by atoms with Crippen LogP contribution in [0, 0.1) is 11.8 Å². The number of aryl methyl sites for hydroxylation is 1. The van der Waals surface area contributed by atoms with Gasteiger partial charge < -0.3 is 4.74 Å². The maximum Gasteiger partial charge on any atom is 0.573 e. The lowest BCUT2D eigenvalue weighted by molar-refractivity contribution is -0.274. The molecule has 0 spiro atoms. The van der Waals surface area contributed by atoms with Gasteiger partial charge in [-0.2, -0.15) is 0 Å². The summed E-state index contributed by atoms with van der Waals surface area (Å²) in [4.78, 5) is 10.4. The first-order valence-corrected chi connectivity index (χ1v) is 11.9. The van der Waals surface area contributed by atoms with E-state index >= 15 is 0 Å². The smallest absolute Gasteiger partial charge is 0.405 e. The Morgan fingerprint density at radius 1 is 1.03 bits per heavy atom. The number of hydrogen-bond donors (Lipinski definition) is 1. The van der Waals surface area contributed by atoms with Gasteiger partial charge in [-0.1, -0.05) is 63.2 Å². The van der Waals surface area contributed by atoms with Gasteiger partial charge in [0.15, 0.2) is 0 Å². The molecule has 0 aromatic heterocycles. The van der Waals surface area contributed by atoms with Crippen molar-refractivity contribution in [3.63, 3.8) is 0 Å². The first kappa shape index (κ1) is 27.3. The molecule has 0 aliphatic heterocycles. The Morgan fingerprint density at radius 3 is 2.33 bits per heavy atom. The van der Waals surface area contributed by atoms with Crippen LogP contribution in [0.25, 0.3) is 17.2 Å². The van der Waals surface area contributed by atoms with Crippen LogP contribution in [0.15, 0.2) is 70.7 Å². The summed E-state index contributed by atoms with van der Waals surface area (Å²) in [5.41, 5.74) is 3.78. The summed E-state index contributed by atoms with van der Waals surface area (Å²) < 4.78 is 46.7. The van der Waals surface area contributed by atoms with Crippen molar-refractivity contribution in [2.24, 2.45) is 4.58 Å². The lowest BCUT2D eigenvalue weighted by Crippen LogP contribution is -2.23. The number of hydrogen-bond acceptors (Lipinski definition) is 6. The van der Waals surface area contributed by atoms with E-state index in [1.807, 2.05) is 57.2 Å². The molecule has 0 amide bonds. The van der Waals surface area contributed by atoms with Crippen molar-refractivity contribution in [2.75, 3.05) is 5.06 Å². The minimum Gasteiger partial charge on any atom is -0.405 e. The van der Waals surface area contributed by atoms with Gasteiger partial charge in [0.25, 0.3) is 0 Å². The zero-order valence-electron chi connectivity index (χ0n) is 20.3. The average Bonchev–Trinajstić information content (AvgIpc) is 2.79. The zero-order chi connectivity index (χ0) is 26.5. The second-order valence-corrected chi connectivity index (χ2v) is 9.90. The topological polar surface area (TPSA) is 62.1 Å². The number of alkyl halides is 3. The Hall–Kier alpha value is -3.30. The summed E-state index contributed by atoms with van der Waals surface area (Å²) in [7, 11) is 0. The standard InChI is InChI=1S/C27H27F3N2O3S/c1-18-14-23(26(2,3)4)24(32(34)17-20-8-6-5-7-9-20)16-21(18)22-15-19(12-13-36-31-33)10-11-25(22)35-27(28,29)30/h5-16,34H,17H2,1-4H3/b13-12+. The Kier molecular flexibility index (Phi) is 8.47. The number of hydroxylamine groups is 1. The predicted octanol–water partition coefficient (Wildman–Crippen LogP) is 8.64. The summed E-state index contributed by atoms with van der Waals surface area (Å²) in [6, 6.07) is 17.2. The van der Waals surface area contributed by atoms with E-state index in [9.17, 15) is 23.3 Å². The van der Waals surface area contributed by atoms with Crippen molar-refractivity contribution in [1.29, 1.82) is 0 Å². The second kappa shape index (κ2) is 11.2. The van der Waals surface area contributed by atoms with E-state index in [4.69, 9.17) is 0 Å². The van der Waals surface area contributed by atoms with Gasteiger partial charge in [0.05, 0.1) is 12.2 Å². The molecule has 0 aliphatic rings. The van der Waals surface area contributed by atoms with Crippen LogP contribution in [0.5, 0.6) is 5.75 Å². The van der Waals surface area contributed by atoms with Crippen molar-refractivity contribution in [3.05, 3.63) is 93.2 Å². The Morgan fingerprint density at radius 2 is 1.72 bits per heavy atom. The van der Waals surface area contributed by atoms with E-state index in [1.165, 1.54) is 17.5 Å². The average molecular weight is 517 g/mol. The van der Waals surface area contributed by atoms with Crippen LogP contribution >= 0.6 is 11.9 Å². The molecule has 3 aromatic rings. The number of nitroso groups, excluding NO2 is 1. The molecule has 0 aliphatic carbocycles. The first-order chi connectivity index (χ1) is 16.9. The molecule has 0 radical (unpaired) electrons. The zero-order valence-corrected chi connectivity index (χ0v) is 21.2. The third-order valence-electron chi connectivity index (χ3n) is 5.49. The number of rotatable bonds is 8. The van der Waals surface area contributed by atoms with Gasteiger partial charge >= 0.3 is 6.36 Å². The van der Waals surface area contributed by atoms with E-state index in [-0.39, 0.29) is 23.3 Å². The van der Waals surface area contributed by atoms with Gasteiger partial charge in [-0.3, -0.25) is 10.3 Å².